The van der Waals surface area contributed by atoms with E-state index in [0.717, 1.165) is 0 Å². The Morgan fingerprint density at radius 3 is 2.65 bits per heavy atom. The summed E-state index contributed by atoms with van der Waals surface area (Å²) in [6, 6.07) is 3.19. The lowest BCUT2D eigenvalue weighted by Gasteiger charge is -2.08. The van der Waals surface area contributed by atoms with Crippen LogP contribution in [-0.2, 0) is 4.84 Å². The van der Waals surface area contributed by atoms with Gasteiger partial charge in [0, 0.05) is 5.54 Å². The van der Waals surface area contributed by atoms with Crippen molar-refractivity contribution < 1.29 is 9.57 Å². The minimum atomic E-state index is 0.0888. The number of terminal acetylenes is 1. The van der Waals surface area contributed by atoms with E-state index in [1.807, 2.05) is 0 Å². The second-order valence-corrected chi connectivity index (χ2v) is 4.35. The number of hydroxylamine groups is 1. The van der Waals surface area contributed by atoms with Crippen LogP contribution in [0.2, 0.25) is 10.0 Å². The standard InChI is InChI=1S/C13H11Cl3N2O2/c1-2-5-19-13-11(15)7-10(8-12(13)16)17-9-18-20-6-3-4-14/h1,3-4,7-9H,5-6H2,(H,17,18)/b4-3+. The van der Waals surface area contributed by atoms with Crippen molar-refractivity contribution in [3.05, 3.63) is 33.8 Å². The second-order valence-electron chi connectivity index (χ2n) is 3.28. The topological polar surface area (TPSA) is 42.8 Å². The van der Waals surface area contributed by atoms with Gasteiger partial charge in [-0.25, -0.2) is 4.99 Å². The quantitative estimate of drug-likeness (QED) is 0.270. The molecule has 1 aromatic carbocycles. The Hall–Kier alpha value is -1.38. The van der Waals surface area contributed by atoms with Crippen molar-refractivity contribution in [3.63, 3.8) is 0 Å². The monoisotopic (exact) mass is 332 g/mol. The second kappa shape index (κ2) is 9.51. The van der Waals surface area contributed by atoms with Crippen molar-refractivity contribution in [3.8, 4) is 18.1 Å². The summed E-state index contributed by atoms with van der Waals surface area (Å²) < 4.78 is 5.23. The molecule has 0 aliphatic heterocycles. The molecule has 0 heterocycles. The molecule has 20 heavy (non-hydrogen) atoms. The highest BCUT2D eigenvalue weighted by Crippen LogP contribution is 2.36. The van der Waals surface area contributed by atoms with Crippen molar-refractivity contribution in [1.29, 1.82) is 0 Å². The van der Waals surface area contributed by atoms with Gasteiger partial charge in [0.25, 0.3) is 0 Å². The summed E-state index contributed by atoms with van der Waals surface area (Å²) in [5, 5.41) is 0.650. The fourth-order valence-corrected chi connectivity index (χ4v) is 1.80. The van der Waals surface area contributed by atoms with E-state index in [-0.39, 0.29) is 6.61 Å². The Kier molecular flexibility index (Phi) is 7.93. The molecule has 0 spiro atoms. The minimum Gasteiger partial charge on any atom is -0.478 e. The Morgan fingerprint density at radius 1 is 1.35 bits per heavy atom. The van der Waals surface area contributed by atoms with Crippen molar-refractivity contribution in [1.82, 2.24) is 5.48 Å². The van der Waals surface area contributed by atoms with Gasteiger partial charge in [0.1, 0.15) is 12.9 Å². The van der Waals surface area contributed by atoms with Crippen molar-refractivity contribution in [2.75, 3.05) is 13.2 Å². The molecule has 1 N–H and O–H groups in total. The summed E-state index contributed by atoms with van der Waals surface area (Å²) in [5.41, 5.74) is 4.40. The number of nitrogens with zero attached hydrogens (tertiary/aromatic N) is 1. The number of rotatable bonds is 7. The van der Waals surface area contributed by atoms with Crippen LogP contribution in [0, 0.1) is 12.3 Å². The van der Waals surface area contributed by atoms with Crippen LogP contribution in [0.25, 0.3) is 0 Å². The van der Waals surface area contributed by atoms with Crippen molar-refractivity contribution >= 4 is 46.8 Å². The highest BCUT2D eigenvalue weighted by atomic mass is 35.5. The molecule has 0 aromatic heterocycles. The van der Waals surface area contributed by atoms with Gasteiger partial charge in [0.2, 0.25) is 0 Å². The van der Waals surface area contributed by atoms with Crippen LogP contribution in [-0.4, -0.2) is 19.6 Å². The third-order valence-corrected chi connectivity index (χ3v) is 2.64. The molecule has 0 saturated carbocycles. The molecule has 7 heteroatoms. The van der Waals surface area contributed by atoms with E-state index in [1.54, 1.807) is 18.2 Å². The summed E-state index contributed by atoms with van der Waals surface area (Å²) in [4.78, 5) is 9.01. The predicted molar refractivity (Wildman–Crippen MR) is 83.0 cm³/mol. The zero-order valence-electron chi connectivity index (χ0n) is 10.3. The zero-order chi connectivity index (χ0) is 14.8. The molecule has 106 valence electrons. The average molecular weight is 334 g/mol. The summed E-state index contributed by atoms with van der Waals surface area (Å²) >= 11 is 17.4. The maximum absolute atomic E-state index is 6.02. The van der Waals surface area contributed by atoms with Gasteiger partial charge in [-0.05, 0) is 18.2 Å². The normalized spacial score (nSPS) is 10.9. The Morgan fingerprint density at radius 2 is 2.05 bits per heavy atom. The lowest BCUT2D eigenvalue weighted by Crippen LogP contribution is -2.11. The third kappa shape index (κ3) is 5.72. The fraction of sp³-hybridized carbons (Fsp3) is 0.154. The van der Waals surface area contributed by atoms with E-state index in [2.05, 4.69) is 16.4 Å². The maximum atomic E-state index is 6.02. The van der Waals surface area contributed by atoms with Crippen molar-refractivity contribution in [2.45, 2.75) is 0 Å². The lowest BCUT2D eigenvalue weighted by molar-refractivity contribution is 0.114. The Balaban J connectivity index is 2.64. The van der Waals surface area contributed by atoms with E-state index < -0.39 is 0 Å². The first-order valence-corrected chi connectivity index (χ1v) is 6.58. The number of nitrogens with one attached hydrogen (secondary N) is 1. The predicted octanol–water partition coefficient (Wildman–Crippen LogP) is 3.94. The largest absolute Gasteiger partial charge is 0.478 e. The first-order chi connectivity index (χ1) is 9.69. The number of benzene rings is 1. The van der Waals surface area contributed by atoms with Crippen LogP contribution in [0.3, 0.4) is 0 Å². The number of aliphatic imine (C=N–C) groups is 1. The number of hydrogen-bond acceptors (Lipinski definition) is 3. The molecule has 1 rings (SSSR count). The van der Waals surface area contributed by atoms with E-state index in [9.17, 15) is 0 Å². The summed E-state index contributed by atoms with van der Waals surface area (Å²) in [7, 11) is 0. The van der Waals surface area contributed by atoms with Crippen molar-refractivity contribution in [2.24, 2.45) is 4.99 Å². The molecule has 4 nitrogen and oxygen atoms in total. The maximum Gasteiger partial charge on any atom is 0.158 e. The molecular formula is C13H11Cl3N2O2. The molecule has 0 saturated heterocycles. The van der Waals surface area contributed by atoms with Gasteiger partial charge in [-0.1, -0.05) is 40.7 Å². The Bertz CT molecular complexity index is 516. The summed E-state index contributed by atoms with van der Waals surface area (Å²) in [6.07, 6.45) is 8.07. The van der Waals surface area contributed by atoms with Gasteiger partial charge >= 0.3 is 0 Å². The van der Waals surface area contributed by atoms with Gasteiger partial charge in [0.05, 0.1) is 22.3 Å². The van der Waals surface area contributed by atoms with Gasteiger partial charge < -0.3 is 4.74 Å². The molecule has 0 fully saturated rings. The number of ether oxygens (including phenoxy) is 1. The highest BCUT2D eigenvalue weighted by molar-refractivity contribution is 6.37. The van der Waals surface area contributed by atoms with Gasteiger partial charge in [-0.3, -0.25) is 10.3 Å². The van der Waals surface area contributed by atoms with Crippen LogP contribution in [0.5, 0.6) is 5.75 Å². The molecular weight excluding hydrogens is 323 g/mol. The van der Waals surface area contributed by atoms with Crippen LogP contribution >= 0.6 is 34.8 Å². The number of halogens is 3. The van der Waals surface area contributed by atoms with E-state index in [4.69, 9.17) is 50.8 Å². The first kappa shape index (κ1) is 16.7. The third-order valence-electron chi connectivity index (χ3n) is 1.90. The zero-order valence-corrected chi connectivity index (χ0v) is 12.5. The van der Waals surface area contributed by atoms with Crippen LogP contribution in [0.4, 0.5) is 5.69 Å². The van der Waals surface area contributed by atoms with Crippen LogP contribution < -0.4 is 10.2 Å². The smallest absolute Gasteiger partial charge is 0.158 e. The Labute approximate surface area is 132 Å². The van der Waals surface area contributed by atoms with Gasteiger partial charge in [-0.2, -0.15) is 0 Å². The molecule has 1 aromatic rings. The SMILES string of the molecule is C#CCOc1c(Cl)cc(N=CNOC/C=C/Cl)cc1Cl. The molecule has 0 unspecified atom stereocenters. The van der Waals surface area contributed by atoms with E-state index in [0.29, 0.717) is 28.1 Å². The number of hydrogen-bond donors (Lipinski definition) is 1. The highest BCUT2D eigenvalue weighted by Gasteiger charge is 2.08. The molecule has 0 aliphatic carbocycles. The lowest BCUT2D eigenvalue weighted by atomic mass is 10.3. The average Bonchev–Trinajstić information content (AvgIpc) is 2.42. The molecule has 0 atom stereocenters. The van der Waals surface area contributed by atoms with Crippen LogP contribution in [0.15, 0.2) is 28.7 Å². The summed E-state index contributed by atoms with van der Waals surface area (Å²) in [6.45, 7) is 0.404. The first-order valence-electron chi connectivity index (χ1n) is 5.39. The summed E-state index contributed by atoms with van der Waals surface area (Å²) in [5.74, 6) is 2.67. The fourth-order valence-electron chi connectivity index (χ4n) is 1.14. The van der Waals surface area contributed by atoms with Crippen LogP contribution in [0.1, 0.15) is 0 Å². The molecule has 0 aliphatic rings. The molecule has 0 amide bonds. The minimum absolute atomic E-state index is 0.0888. The van der Waals surface area contributed by atoms with Gasteiger partial charge in [0.15, 0.2) is 5.75 Å². The van der Waals surface area contributed by atoms with E-state index >= 15 is 0 Å². The van der Waals surface area contributed by atoms with E-state index in [1.165, 1.54) is 11.9 Å². The molecule has 0 radical (unpaired) electrons. The van der Waals surface area contributed by atoms with Gasteiger partial charge in [-0.15, -0.1) is 6.42 Å². The molecule has 0 bridgehead atoms.